The summed E-state index contributed by atoms with van der Waals surface area (Å²) in [5, 5.41) is 3.38. The summed E-state index contributed by atoms with van der Waals surface area (Å²) in [6.45, 7) is 2.93. The molecule has 0 heterocycles. The Kier molecular flexibility index (Phi) is 3.30. The largest absolute Gasteiger partial charge is 0.381 e. The smallest absolute Gasteiger partial charge is 0.0601 e. The molecule has 66 valence electrons. The number of hydrogen-bond acceptors (Lipinski definition) is 3. The van der Waals surface area contributed by atoms with E-state index in [2.05, 4.69) is 5.32 Å². The van der Waals surface area contributed by atoms with E-state index in [-0.39, 0.29) is 6.04 Å². The van der Waals surface area contributed by atoms with Crippen molar-refractivity contribution in [2.24, 2.45) is 5.73 Å². The first-order valence-corrected chi connectivity index (χ1v) is 4.24. The van der Waals surface area contributed by atoms with E-state index in [1.807, 2.05) is 6.92 Å². The molecule has 0 aromatic heterocycles. The molecule has 0 radical (unpaired) electrons. The van der Waals surface area contributed by atoms with Crippen molar-refractivity contribution in [2.45, 2.75) is 38.0 Å². The summed E-state index contributed by atoms with van der Waals surface area (Å²) in [4.78, 5) is 0. The molecule has 3 heteroatoms. The molecule has 11 heavy (non-hydrogen) atoms. The van der Waals surface area contributed by atoms with Gasteiger partial charge in [-0.3, -0.25) is 0 Å². The lowest BCUT2D eigenvalue weighted by Gasteiger charge is -2.35. The average Bonchev–Trinajstić information content (AvgIpc) is 1.84. The minimum absolute atomic E-state index is 0.261. The molecule has 3 nitrogen and oxygen atoms in total. The van der Waals surface area contributed by atoms with Gasteiger partial charge in [0.05, 0.1) is 6.10 Å². The third-order valence-electron chi connectivity index (χ3n) is 2.16. The standard InChI is InChI=1S/C8H18N2O/c1-6(9)5-10-7-3-8(4-7)11-2/h6-8,10H,3-5,9H2,1-2H3. The summed E-state index contributed by atoms with van der Waals surface area (Å²) >= 11 is 0. The van der Waals surface area contributed by atoms with Crippen LogP contribution in [0, 0.1) is 0 Å². The number of nitrogens with one attached hydrogen (secondary N) is 1. The summed E-state index contributed by atoms with van der Waals surface area (Å²) in [5.41, 5.74) is 5.59. The Morgan fingerprint density at radius 2 is 2.27 bits per heavy atom. The summed E-state index contributed by atoms with van der Waals surface area (Å²) in [6, 6.07) is 0.905. The fourth-order valence-electron chi connectivity index (χ4n) is 1.28. The molecule has 0 saturated heterocycles. The second-order valence-corrected chi connectivity index (χ2v) is 3.41. The molecule has 0 aromatic carbocycles. The molecule has 1 aliphatic rings. The fraction of sp³-hybridized carbons (Fsp3) is 1.00. The normalized spacial score (nSPS) is 33.0. The first-order valence-electron chi connectivity index (χ1n) is 4.24. The Balaban J connectivity index is 1.96. The van der Waals surface area contributed by atoms with Crippen LogP contribution in [0.4, 0.5) is 0 Å². The maximum absolute atomic E-state index is 5.59. The average molecular weight is 158 g/mol. The Morgan fingerprint density at radius 3 is 2.73 bits per heavy atom. The van der Waals surface area contributed by atoms with Crippen LogP contribution in [-0.4, -0.2) is 31.8 Å². The minimum atomic E-state index is 0.261. The SMILES string of the molecule is COC1CC(NCC(C)N)C1. The van der Waals surface area contributed by atoms with Gasteiger partial charge in [-0.1, -0.05) is 0 Å². The lowest BCUT2D eigenvalue weighted by atomic mass is 9.89. The third-order valence-corrected chi connectivity index (χ3v) is 2.16. The second-order valence-electron chi connectivity index (χ2n) is 3.41. The van der Waals surface area contributed by atoms with Gasteiger partial charge >= 0.3 is 0 Å². The van der Waals surface area contributed by atoms with Crippen molar-refractivity contribution in [1.82, 2.24) is 5.32 Å². The lowest BCUT2D eigenvalue weighted by Crippen LogP contribution is -2.48. The van der Waals surface area contributed by atoms with E-state index < -0.39 is 0 Å². The quantitative estimate of drug-likeness (QED) is 0.610. The van der Waals surface area contributed by atoms with Gasteiger partial charge in [0.2, 0.25) is 0 Å². The first-order chi connectivity index (χ1) is 5.22. The van der Waals surface area contributed by atoms with E-state index in [4.69, 9.17) is 10.5 Å². The summed E-state index contributed by atoms with van der Waals surface area (Å²) in [5.74, 6) is 0. The molecule has 1 unspecified atom stereocenters. The van der Waals surface area contributed by atoms with Gasteiger partial charge in [-0.25, -0.2) is 0 Å². The van der Waals surface area contributed by atoms with E-state index in [9.17, 15) is 0 Å². The highest BCUT2D eigenvalue weighted by atomic mass is 16.5. The number of rotatable bonds is 4. The molecular formula is C8H18N2O. The van der Waals surface area contributed by atoms with Gasteiger partial charge in [0.25, 0.3) is 0 Å². The highest BCUT2D eigenvalue weighted by Crippen LogP contribution is 2.21. The highest BCUT2D eigenvalue weighted by Gasteiger charge is 2.28. The molecule has 1 aliphatic carbocycles. The van der Waals surface area contributed by atoms with Crippen LogP contribution in [0.25, 0.3) is 0 Å². The van der Waals surface area contributed by atoms with E-state index in [1.54, 1.807) is 7.11 Å². The molecule has 3 N–H and O–H groups in total. The van der Waals surface area contributed by atoms with Crippen LogP contribution in [-0.2, 0) is 4.74 Å². The zero-order valence-corrected chi connectivity index (χ0v) is 7.34. The molecule has 0 aliphatic heterocycles. The Hall–Kier alpha value is -0.120. The van der Waals surface area contributed by atoms with Crippen LogP contribution < -0.4 is 11.1 Å². The van der Waals surface area contributed by atoms with Gasteiger partial charge in [-0.15, -0.1) is 0 Å². The van der Waals surface area contributed by atoms with Crippen molar-refractivity contribution in [3.8, 4) is 0 Å². The van der Waals surface area contributed by atoms with Crippen molar-refractivity contribution in [1.29, 1.82) is 0 Å². The third kappa shape index (κ3) is 2.77. The molecule has 1 rings (SSSR count). The number of methoxy groups -OCH3 is 1. The molecule has 0 aromatic rings. The molecular weight excluding hydrogens is 140 g/mol. The van der Waals surface area contributed by atoms with Crippen molar-refractivity contribution < 1.29 is 4.74 Å². The van der Waals surface area contributed by atoms with Gasteiger partial charge in [0.1, 0.15) is 0 Å². The second kappa shape index (κ2) is 4.04. The van der Waals surface area contributed by atoms with Gasteiger partial charge in [0.15, 0.2) is 0 Å². The molecule has 1 fully saturated rings. The number of hydrogen-bond donors (Lipinski definition) is 2. The fourth-order valence-corrected chi connectivity index (χ4v) is 1.28. The van der Waals surface area contributed by atoms with E-state index in [0.717, 1.165) is 19.4 Å². The molecule has 0 spiro atoms. The van der Waals surface area contributed by atoms with Crippen LogP contribution >= 0.6 is 0 Å². The zero-order valence-electron chi connectivity index (χ0n) is 7.34. The van der Waals surface area contributed by atoms with E-state index in [1.165, 1.54) is 0 Å². The molecule has 0 amide bonds. The van der Waals surface area contributed by atoms with Gasteiger partial charge in [-0.05, 0) is 19.8 Å². The maximum Gasteiger partial charge on any atom is 0.0601 e. The molecule has 1 saturated carbocycles. The van der Waals surface area contributed by atoms with Crippen molar-refractivity contribution in [2.75, 3.05) is 13.7 Å². The Bertz CT molecular complexity index is 111. The molecule has 0 bridgehead atoms. The first kappa shape index (κ1) is 8.97. The predicted molar refractivity (Wildman–Crippen MR) is 45.5 cm³/mol. The lowest BCUT2D eigenvalue weighted by molar-refractivity contribution is 0.0173. The monoisotopic (exact) mass is 158 g/mol. The van der Waals surface area contributed by atoms with E-state index >= 15 is 0 Å². The molecule has 1 atom stereocenters. The Labute approximate surface area is 68.3 Å². The highest BCUT2D eigenvalue weighted by molar-refractivity contribution is 4.86. The van der Waals surface area contributed by atoms with Crippen molar-refractivity contribution >= 4 is 0 Å². The van der Waals surface area contributed by atoms with Gasteiger partial charge < -0.3 is 15.8 Å². The summed E-state index contributed by atoms with van der Waals surface area (Å²) in [6.07, 6.45) is 2.77. The minimum Gasteiger partial charge on any atom is -0.381 e. The number of nitrogens with two attached hydrogens (primary N) is 1. The Morgan fingerprint density at radius 1 is 1.64 bits per heavy atom. The van der Waals surface area contributed by atoms with Crippen molar-refractivity contribution in [3.63, 3.8) is 0 Å². The van der Waals surface area contributed by atoms with Crippen LogP contribution in [0.1, 0.15) is 19.8 Å². The zero-order chi connectivity index (χ0) is 8.27. The van der Waals surface area contributed by atoms with E-state index in [0.29, 0.717) is 12.1 Å². The van der Waals surface area contributed by atoms with Crippen molar-refractivity contribution in [3.05, 3.63) is 0 Å². The van der Waals surface area contributed by atoms with Crippen LogP contribution in [0.3, 0.4) is 0 Å². The summed E-state index contributed by atoms with van der Waals surface area (Å²) in [7, 11) is 1.77. The van der Waals surface area contributed by atoms with Crippen LogP contribution in [0.2, 0.25) is 0 Å². The van der Waals surface area contributed by atoms with Gasteiger partial charge in [0, 0.05) is 25.7 Å². The topological polar surface area (TPSA) is 47.3 Å². The van der Waals surface area contributed by atoms with Crippen LogP contribution in [0.15, 0.2) is 0 Å². The van der Waals surface area contributed by atoms with Gasteiger partial charge in [-0.2, -0.15) is 0 Å². The predicted octanol–water partition coefficient (Wildman–Crippen LogP) is 0.101. The van der Waals surface area contributed by atoms with Crippen LogP contribution in [0.5, 0.6) is 0 Å². The number of ether oxygens (including phenoxy) is 1. The summed E-state index contributed by atoms with van der Waals surface area (Å²) < 4.78 is 5.15. The maximum atomic E-state index is 5.59.